The number of benzene rings is 1. The average Bonchev–Trinajstić information content (AvgIpc) is 2.77. The molecule has 1 unspecified atom stereocenters. The highest BCUT2D eigenvalue weighted by Gasteiger charge is 2.48. The van der Waals surface area contributed by atoms with Crippen LogP contribution in [0, 0.1) is 0 Å². The van der Waals surface area contributed by atoms with Crippen molar-refractivity contribution in [1.29, 1.82) is 0 Å². The van der Waals surface area contributed by atoms with Crippen LogP contribution in [0.3, 0.4) is 0 Å². The normalized spacial score (nSPS) is 33.0. The Morgan fingerprint density at radius 3 is 2.60 bits per heavy atom. The van der Waals surface area contributed by atoms with Crippen molar-refractivity contribution in [1.82, 2.24) is 16.0 Å². The van der Waals surface area contributed by atoms with Gasteiger partial charge in [0.2, 0.25) is 0 Å². The van der Waals surface area contributed by atoms with Crippen LogP contribution in [0.4, 0.5) is 4.79 Å². The highest BCUT2D eigenvalue weighted by atomic mass is 16.2. The van der Waals surface area contributed by atoms with E-state index in [-0.39, 0.29) is 17.7 Å². The Labute approximate surface area is 120 Å². The Kier molecular flexibility index (Phi) is 3.66. The van der Waals surface area contributed by atoms with Gasteiger partial charge in [0.05, 0.1) is 5.54 Å². The van der Waals surface area contributed by atoms with Crippen molar-refractivity contribution >= 4 is 6.03 Å². The van der Waals surface area contributed by atoms with E-state index in [2.05, 4.69) is 53.2 Å². The summed E-state index contributed by atoms with van der Waals surface area (Å²) in [6.45, 7) is 2.95. The van der Waals surface area contributed by atoms with Crippen LogP contribution in [-0.4, -0.2) is 24.3 Å². The van der Waals surface area contributed by atoms with Gasteiger partial charge in [-0.3, -0.25) is 5.32 Å². The first-order valence-electron chi connectivity index (χ1n) is 7.60. The molecule has 1 atom stereocenters. The highest BCUT2D eigenvalue weighted by molar-refractivity contribution is 5.78. The van der Waals surface area contributed by atoms with E-state index in [1.807, 2.05) is 0 Å². The molecular weight excluding hydrogens is 250 g/mol. The molecule has 1 aromatic rings. The van der Waals surface area contributed by atoms with E-state index in [1.165, 1.54) is 5.56 Å². The quantitative estimate of drug-likeness (QED) is 0.791. The van der Waals surface area contributed by atoms with Gasteiger partial charge >= 0.3 is 6.03 Å². The van der Waals surface area contributed by atoms with Gasteiger partial charge in [0.1, 0.15) is 6.17 Å². The number of likely N-dealkylation sites (N-methyl/N-ethyl adjacent to an activating group) is 1. The first kappa shape index (κ1) is 13.4. The van der Waals surface area contributed by atoms with Gasteiger partial charge < -0.3 is 10.6 Å². The zero-order valence-electron chi connectivity index (χ0n) is 12.0. The van der Waals surface area contributed by atoms with E-state index in [0.29, 0.717) is 5.92 Å². The fourth-order valence-corrected chi connectivity index (χ4v) is 3.66. The fraction of sp³-hybridized carbons (Fsp3) is 0.562. The minimum Gasteiger partial charge on any atom is -0.329 e. The van der Waals surface area contributed by atoms with Crippen molar-refractivity contribution in [3.8, 4) is 0 Å². The molecule has 4 heteroatoms. The molecular formula is C16H23N3O. The van der Waals surface area contributed by atoms with Crippen LogP contribution in [-0.2, 0) is 0 Å². The van der Waals surface area contributed by atoms with E-state index in [4.69, 9.17) is 0 Å². The smallest absolute Gasteiger partial charge is 0.316 e. The molecule has 3 rings (SSSR count). The SMILES string of the molecule is CCNC1NC(=O)NC12CCC(c1ccccc1)CC2. The third kappa shape index (κ3) is 2.40. The van der Waals surface area contributed by atoms with Gasteiger partial charge in [0, 0.05) is 0 Å². The highest BCUT2D eigenvalue weighted by Crippen LogP contribution is 2.40. The minimum atomic E-state index is -0.0988. The van der Waals surface area contributed by atoms with Crippen LogP contribution in [0.2, 0.25) is 0 Å². The molecule has 1 aliphatic heterocycles. The van der Waals surface area contributed by atoms with Gasteiger partial charge in [-0.1, -0.05) is 37.3 Å². The monoisotopic (exact) mass is 273 g/mol. The summed E-state index contributed by atoms with van der Waals surface area (Å²) in [5, 5.41) is 9.57. The van der Waals surface area contributed by atoms with Gasteiger partial charge in [-0.05, 0) is 43.7 Å². The molecule has 4 nitrogen and oxygen atoms in total. The lowest BCUT2D eigenvalue weighted by atomic mass is 9.73. The molecule has 0 bridgehead atoms. The topological polar surface area (TPSA) is 53.2 Å². The molecule has 1 heterocycles. The maximum absolute atomic E-state index is 11.7. The molecule has 1 spiro atoms. The lowest BCUT2D eigenvalue weighted by Gasteiger charge is -2.40. The molecule has 2 aliphatic rings. The lowest BCUT2D eigenvalue weighted by molar-refractivity contribution is 0.195. The maximum atomic E-state index is 11.7. The first-order valence-corrected chi connectivity index (χ1v) is 7.60. The second-order valence-corrected chi connectivity index (χ2v) is 5.93. The van der Waals surface area contributed by atoms with Crippen LogP contribution < -0.4 is 16.0 Å². The number of urea groups is 1. The number of carbonyl (C=O) groups is 1. The second-order valence-electron chi connectivity index (χ2n) is 5.93. The summed E-state index contributed by atoms with van der Waals surface area (Å²) in [6, 6.07) is 10.7. The molecule has 20 heavy (non-hydrogen) atoms. The third-order valence-electron chi connectivity index (χ3n) is 4.75. The molecule has 108 valence electrons. The van der Waals surface area contributed by atoms with E-state index in [9.17, 15) is 4.79 Å². The molecule has 1 saturated carbocycles. The third-order valence-corrected chi connectivity index (χ3v) is 4.75. The number of carbonyl (C=O) groups excluding carboxylic acids is 1. The van der Waals surface area contributed by atoms with Crippen molar-refractivity contribution in [3.63, 3.8) is 0 Å². The van der Waals surface area contributed by atoms with Crippen LogP contribution in [0.5, 0.6) is 0 Å². The molecule has 0 aromatic heterocycles. The maximum Gasteiger partial charge on any atom is 0.316 e. The van der Waals surface area contributed by atoms with E-state index >= 15 is 0 Å². The Morgan fingerprint density at radius 2 is 1.95 bits per heavy atom. The summed E-state index contributed by atoms with van der Waals surface area (Å²) in [7, 11) is 0. The average molecular weight is 273 g/mol. The van der Waals surface area contributed by atoms with Gasteiger partial charge in [-0.2, -0.15) is 0 Å². The number of amides is 2. The lowest BCUT2D eigenvalue weighted by Crippen LogP contribution is -2.57. The van der Waals surface area contributed by atoms with Gasteiger partial charge in [0.15, 0.2) is 0 Å². The predicted molar refractivity (Wildman–Crippen MR) is 79.5 cm³/mol. The first-order chi connectivity index (χ1) is 9.73. The zero-order valence-corrected chi connectivity index (χ0v) is 12.0. The minimum absolute atomic E-state index is 0.0332. The summed E-state index contributed by atoms with van der Waals surface area (Å²) in [6.07, 6.45) is 4.39. The van der Waals surface area contributed by atoms with Gasteiger partial charge in [0.25, 0.3) is 0 Å². The van der Waals surface area contributed by atoms with E-state index < -0.39 is 0 Å². The fourth-order valence-electron chi connectivity index (χ4n) is 3.66. The van der Waals surface area contributed by atoms with Crippen LogP contribution in [0.25, 0.3) is 0 Å². The van der Waals surface area contributed by atoms with Crippen molar-refractivity contribution < 1.29 is 4.79 Å². The molecule has 3 N–H and O–H groups in total. The molecule has 2 fully saturated rings. The standard InChI is InChI=1S/C16H23N3O/c1-2-17-14-16(19-15(20)18-14)10-8-13(9-11-16)12-6-4-3-5-7-12/h3-7,13-14,17H,2,8-11H2,1H3,(H2,18,19,20). The largest absolute Gasteiger partial charge is 0.329 e. The summed E-state index contributed by atoms with van der Waals surface area (Å²) >= 11 is 0. The Hall–Kier alpha value is -1.55. The van der Waals surface area contributed by atoms with Crippen molar-refractivity contribution in [2.24, 2.45) is 0 Å². The van der Waals surface area contributed by atoms with Crippen LogP contribution in [0.15, 0.2) is 30.3 Å². The molecule has 1 saturated heterocycles. The van der Waals surface area contributed by atoms with E-state index in [0.717, 1.165) is 32.2 Å². The molecule has 1 aromatic carbocycles. The van der Waals surface area contributed by atoms with Crippen molar-refractivity contribution in [3.05, 3.63) is 35.9 Å². The van der Waals surface area contributed by atoms with Crippen molar-refractivity contribution in [2.75, 3.05) is 6.54 Å². The van der Waals surface area contributed by atoms with E-state index in [1.54, 1.807) is 0 Å². The summed E-state index contributed by atoms with van der Waals surface area (Å²) in [5.74, 6) is 0.626. The number of hydrogen-bond donors (Lipinski definition) is 3. The van der Waals surface area contributed by atoms with Gasteiger partial charge in [-0.15, -0.1) is 0 Å². The van der Waals surface area contributed by atoms with Crippen molar-refractivity contribution in [2.45, 2.75) is 50.2 Å². The van der Waals surface area contributed by atoms with Crippen LogP contribution in [0.1, 0.15) is 44.1 Å². The summed E-state index contributed by atoms with van der Waals surface area (Å²) in [5.41, 5.74) is 1.33. The Bertz CT molecular complexity index is 466. The molecule has 0 radical (unpaired) electrons. The summed E-state index contributed by atoms with van der Waals surface area (Å²) < 4.78 is 0. The molecule has 1 aliphatic carbocycles. The van der Waals surface area contributed by atoms with Crippen LogP contribution >= 0.6 is 0 Å². The van der Waals surface area contributed by atoms with Gasteiger partial charge in [-0.25, -0.2) is 4.79 Å². The number of nitrogens with one attached hydrogen (secondary N) is 3. The second kappa shape index (κ2) is 5.44. The Morgan fingerprint density at radius 1 is 1.25 bits per heavy atom. The Balaban J connectivity index is 1.69. The molecule has 2 amide bonds. The number of rotatable bonds is 3. The zero-order chi connectivity index (χ0) is 14.0. The number of hydrogen-bond acceptors (Lipinski definition) is 2. The summed E-state index contributed by atoms with van der Waals surface area (Å²) in [4.78, 5) is 11.7. The predicted octanol–water partition coefficient (Wildman–Crippen LogP) is 2.33.